The van der Waals surface area contributed by atoms with E-state index in [2.05, 4.69) is 15.6 Å². The highest BCUT2D eigenvalue weighted by Crippen LogP contribution is 2.29. The van der Waals surface area contributed by atoms with E-state index in [1.54, 1.807) is 11.3 Å². The van der Waals surface area contributed by atoms with Crippen molar-refractivity contribution in [2.45, 2.75) is 32.6 Å². The summed E-state index contributed by atoms with van der Waals surface area (Å²) in [5.41, 5.74) is 3.01. The fourth-order valence-corrected chi connectivity index (χ4v) is 4.40. The summed E-state index contributed by atoms with van der Waals surface area (Å²) in [6, 6.07) is 7.65. The molecule has 0 spiro atoms. The maximum atomic E-state index is 12.0. The zero-order valence-corrected chi connectivity index (χ0v) is 15.8. The Bertz CT molecular complexity index is 750. The van der Waals surface area contributed by atoms with E-state index in [9.17, 15) is 9.59 Å². The molecule has 0 saturated carbocycles. The molecule has 7 heteroatoms. The first-order valence-corrected chi connectivity index (χ1v) is 10.3. The van der Waals surface area contributed by atoms with Gasteiger partial charge in [-0.1, -0.05) is 12.1 Å². The van der Waals surface area contributed by atoms with Crippen molar-refractivity contribution in [2.24, 2.45) is 0 Å². The Morgan fingerprint density at radius 1 is 1.16 bits per heavy atom. The van der Waals surface area contributed by atoms with Crippen molar-refractivity contribution in [2.75, 3.05) is 22.1 Å². The van der Waals surface area contributed by atoms with Gasteiger partial charge in [0, 0.05) is 10.6 Å². The number of aromatic nitrogens is 1. The van der Waals surface area contributed by atoms with Crippen LogP contribution in [0.1, 0.15) is 29.0 Å². The molecule has 132 valence electrons. The van der Waals surface area contributed by atoms with Crippen molar-refractivity contribution >= 4 is 45.7 Å². The number of rotatable bonds is 6. The minimum Gasteiger partial charge on any atom is -0.325 e. The normalized spacial score (nSPS) is 13.2. The number of hydrogen-bond acceptors (Lipinski definition) is 5. The molecule has 2 amide bonds. The number of carbonyl (C=O) groups excluding carboxylic acids is 2. The van der Waals surface area contributed by atoms with Crippen LogP contribution in [-0.2, 0) is 22.4 Å². The Balaban J connectivity index is 1.40. The third-order valence-corrected chi connectivity index (χ3v) is 5.87. The van der Waals surface area contributed by atoms with E-state index >= 15 is 0 Å². The Hall–Kier alpha value is -1.86. The van der Waals surface area contributed by atoms with Gasteiger partial charge < -0.3 is 10.6 Å². The number of hydrogen-bond donors (Lipinski definition) is 2. The van der Waals surface area contributed by atoms with Crippen LogP contribution in [-0.4, -0.2) is 28.3 Å². The highest BCUT2D eigenvalue weighted by atomic mass is 32.2. The molecular formula is C18H21N3O2S2. The first-order valence-electron chi connectivity index (χ1n) is 8.33. The molecule has 0 aliphatic heterocycles. The van der Waals surface area contributed by atoms with E-state index in [0.29, 0.717) is 5.13 Å². The van der Waals surface area contributed by atoms with Gasteiger partial charge in [-0.15, -0.1) is 23.1 Å². The van der Waals surface area contributed by atoms with Crippen LogP contribution in [0.3, 0.4) is 0 Å². The van der Waals surface area contributed by atoms with Crippen LogP contribution in [0.5, 0.6) is 0 Å². The molecule has 1 aliphatic carbocycles. The van der Waals surface area contributed by atoms with Crippen molar-refractivity contribution in [1.29, 1.82) is 0 Å². The number of aryl methyl sites for hydroxylation is 3. The second-order valence-corrected chi connectivity index (χ2v) is 8.12. The molecule has 5 nitrogen and oxygen atoms in total. The van der Waals surface area contributed by atoms with E-state index in [-0.39, 0.29) is 23.3 Å². The molecule has 2 aromatic rings. The summed E-state index contributed by atoms with van der Waals surface area (Å²) in [4.78, 5) is 29.7. The maximum absolute atomic E-state index is 12.0. The first kappa shape index (κ1) is 17.9. The molecule has 3 rings (SSSR count). The number of anilines is 2. The molecule has 1 aromatic heterocycles. The standard InChI is InChI=1S/C18H21N3O2S2/c1-12-5-4-6-13(9-12)19-16(22)10-24-11-17(23)21-18-20-14-7-2-3-8-15(14)25-18/h4-6,9H,2-3,7-8,10-11H2,1H3,(H,19,22)(H,20,21,23). The summed E-state index contributed by atoms with van der Waals surface area (Å²) in [6.07, 6.45) is 4.46. The molecule has 0 atom stereocenters. The van der Waals surface area contributed by atoms with Gasteiger partial charge in [0.05, 0.1) is 17.2 Å². The van der Waals surface area contributed by atoms with Crippen LogP contribution in [0.4, 0.5) is 10.8 Å². The summed E-state index contributed by atoms with van der Waals surface area (Å²) < 4.78 is 0. The van der Waals surface area contributed by atoms with Gasteiger partial charge in [-0.2, -0.15) is 0 Å². The van der Waals surface area contributed by atoms with Gasteiger partial charge in [-0.05, 0) is 50.3 Å². The zero-order chi connectivity index (χ0) is 17.6. The van der Waals surface area contributed by atoms with E-state index in [4.69, 9.17) is 0 Å². The number of nitrogens with one attached hydrogen (secondary N) is 2. The molecule has 0 saturated heterocycles. The summed E-state index contributed by atoms with van der Waals surface area (Å²) >= 11 is 2.87. The van der Waals surface area contributed by atoms with E-state index < -0.39 is 0 Å². The number of benzene rings is 1. The molecule has 2 N–H and O–H groups in total. The molecular weight excluding hydrogens is 354 g/mol. The monoisotopic (exact) mass is 375 g/mol. The highest BCUT2D eigenvalue weighted by molar-refractivity contribution is 8.00. The van der Waals surface area contributed by atoms with E-state index in [1.807, 2.05) is 31.2 Å². The molecule has 0 radical (unpaired) electrons. The number of thiazole rings is 1. The quantitative estimate of drug-likeness (QED) is 0.809. The summed E-state index contributed by atoms with van der Waals surface area (Å²) in [5.74, 6) is 0.272. The van der Waals surface area contributed by atoms with Crippen LogP contribution in [0.2, 0.25) is 0 Å². The topological polar surface area (TPSA) is 71.1 Å². The van der Waals surface area contributed by atoms with Gasteiger partial charge in [0.1, 0.15) is 0 Å². The van der Waals surface area contributed by atoms with Gasteiger partial charge >= 0.3 is 0 Å². The molecule has 0 fully saturated rings. The first-order chi connectivity index (χ1) is 12.1. The van der Waals surface area contributed by atoms with Crippen LogP contribution < -0.4 is 10.6 Å². The Morgan fingerprint density at radius 3 is 2.68 bits per heavy atom. The maximum Gasteiger partial charge on any atom is 0.236 e. The summed E-state index contributed by atoms with van der Waals surface area (Å²) in [6.45, 7) is 1.98. The lowest BCUT2D eigenvalue weighted by Gasteiger charge is -2.06. The molecule has 1 aromatic carbocycles. The van der Waals surface area contributed by atoms with Gasteiger partial charge in [0.25, 0.3) is 0 Å². The number of carbonyl (C=O) groups is 2. The Labute approximate surface area is 155 Å². The molecule has 25 heavy (non-hydrogen) atoms. The fourth-order valence-electron chi connectivity index (χ4n) is 2.72. The Morgan fingerprint density at radius 2 is 1.92 bits per heavy atom. The lowest BCUT2D eigenvalue weighted by atomic mass is 10.0. The van der Waals surface area contributed by atoms with Gasteiger partial charge in [0.2, 0.25) is 11.8 Å². The minimum atomic E-state index is -0.112. The fraction of sp³-hybridized carbons (Fsp3) is 0.389. The zero-order valence-electron chi connectivity index (χ0n) is 14.1. The average Bonchev–Trinajstić information content (AvgIpc) is 2.96. The average molecular weight is 376 g/mol. The SMILES string of the molecule is Cc1cccc(NC(=O)CSCC(=O)Nc2nc3c(s2)CCCC3)c1. The van der Waals surface area contributed by atoms with Gasteiger partial charge in [-0.25, -0.2) is 4.98 Å². The van der Waals surface area contributed by atoms with E-state index in [1.165, 1.54) is 29.5 Å². The van der Waals surface area contributed by atoms with Crippen LogP contribution in [0, 0.1) is 6.92 Å². The predicted molar refractivity (Wildman–Crippen MR) is 105 cm³/mol. The molecule has 1 aliphatic rings. The van der Waals surface area contributed by atoms with E-state index in [0.717, 1.165) is 29.8 Å². The largest absolute Gasteiger partial charge is 0.325 e. The number of amides is 2. The second kappa shape index (κ2) is 8.49. The molecule has 1 heterocycles. The second-order valence-electron chi connectivity index (χ2n) is 6.05. The summed E-state index contributed by atoms with van der Waals surface area (Å²) in [5, 5.41) is 6.37. The lowest BCUT2D eigenvalue weighted by Crippen LogP contribution is -2.18. The number of nitrogens with zero attached hydrogens (tertiary/aromatic N) is 1. The minimum absolute atomic E-state index is 0.104. The smallest absolute Gasteiger partial charge is 0.236 e. The number of fused-ring (bicyclic) bond motifs is 1. The third-order valence-electron chi connectivity index (χ3n) is 3.86. The predicted octanol–water partition coefficient (Wildman–Crippen LogP) is 3.64. The number of thioether (sulfide) groups is 1. The lowest BCUT2D eigenvalue weighted by molar-refractivity contribution is -0.114. The van der Waals surface area contributed by atoms with Crippen LogP contribution >= 0.6 is 23.1 Å². The molecule has 0 unspecified atom stereocenters. The Kier molecular flexibility index (Phi) is 6.09. The van der Waals surface area contributed by atoms with Crippen molar-refractivity contribution in [1.82, 2.24) is 4.98 Å². The van der Waals surface area contributed by atoms with Crippen LogP contribution in [0.25, 0.3) is 0 Å². The van der Waals surface area contributed by atoms with Crippen molar-refractivity contribution in [3.63, 3.8) is 0 Å². The highest BCUT2D eigenvalue weighted by Gasteiger charge is 2.16. The van der Waals surface area contributed by atoms with Gasteiger partial charge in [-0.3, -0.25) is 9.59 Å². The van der Waals surface area contributed by atoms with Crippen molar-refractivity contribution in [3.8, 4) is 0 Å². The summed E-state index contributed by atoms with van der Waals surface area (Å²) in [7, 11) is 0. The van der Waals surface area contributed by atoms with Gasteiger partial charge in [0.15, 0.2) is 5.13 Å². The molecule has 0 bridgehead atoms. The van der Waals surface area contributed by atoms with Crippen LogP contribution in [0.15, 0.2) is 24.3 Å². The third kappa shape index (κ3) is 5.31. The van der Waals surface area contributed by atoms with Crippen molar-refractivity contribution < 1.29 is 9.59 Å². The van der Waals surface area contributed by atoms with Crippen molar-refractivity contribution in [3.05, 3.63) is 40.4 Å².